The Morgan fingerprint density at radius 2 is 2.00 bits per heavy atom. The molecule has 0 saturated carbocycles. The smallest absolute Gasteiger partial charge is 0.227 e. The molecule has 0 amide bonds. The van der Waals surface area contributed by atoms with Gasteiger partial charge >= 0.3 is 0 Å². The van der Waals surface area contributed by atoms with Gasteiger partial charge in [-0.2, -0.15) is 4.98 Å². The summed E-state index contributed by atoms with van der Waals surface area (Å²) >= 11 is 0. The number of alkyl halides is 1. The maximum Gasteiger partial charge on any atom is 0.227 e. The van der Waals surface area contributed by atoms with Crippen molar-refractivity contribution in [3.05, 3.63) is 36.3 Å². The van der Waals surface area contributed by atoms with Gasteiger partial charge in [-0.15, -0.1) is 0 Å². The van der Waals surface area contributed by atoms with Crippen LogP contribution < -0.4 is 20.4 Å². The molecule has 3 fully saturated rings. The predicted octanol–water partition coefficient (Wildman–Crippen LogP) is 3.53. The molecule has 3 N–H and O–H groups in total. The summed E-state index contributed by atoms with van der Waals surface area (Å²) in [7, 11) is 0. The Labute approximate surface area is 216 Å². The zero-order valence-electron chi connectivity index (χ0n) is 21.7. The van der Waals surface area contributed by atoms with Crippen LogP contribution in [0.2, 0.25) is 0 Å². The molecule has 0 aromatic carbocycles. The van der Waals surface area contributed by atoms with E-state index >= 15 is 0 Å². The van der Waals surface area contributed by atoms with E-state index < -0.39 is 11.8 Å². The summed E-state index contributed by atoms with van der Waals surface area (Å²) in [6.45, 7) is 9.40. The molecule has 0 unspecified atom stereocenters. The summed E-state index contributed by atoms with van der Waals surface area (Å²) in [6.07, 6.45) is 7.29. The number of piperidine rings is 1. The lowest BCUT2D eigenvalue weighted by Crippen LogP contribution is -2.61. The molecule has 3 aromatic rings. The Hall–Kier alpha value is -3.11. The number of fused-ring (bicyclic) bond motifs is 1. The van der Waals surface area contributed by atoms with Crippen molar-refractivity contribution in [2.75, 3.05) is 47.8 Å². The Morgan fingerprint density at radius 1 is 1.14 bits per heavy atom. The second-order valence-corrected chi connectivity index (χ2v) is 11.2. The van der Waals surface area contributed by atoms with Gasteiger partial charge in [0.1, 0.15) is 17.5 Å². The monoisotopic (exact) mass is 506 g/mol. The van der Waals surface area contributed by atoms with E-state index in [4.69, 9.17) is 9.97 Å². The first kappa shape index (κ1) is 24.2. The highest BCUT2D eigenvalue weighted by Crippen LogP contribution is 2.43. The Kier molecular flexibility index (Phi) is 5.91. The number of rotatable bonds is 5. The first-order valence-corrected chi connectivity index (χ1v) is 13.2. The van der Waals surface area contributed by atoms with Crippen LogP contribution in [0.1, 0.15) is 51.5 Å². The molecule has 0 bridgehead atoms. The summed E-state index contributed by atoms with van der Waals surface area (Å²) in [6, 6.07) is 3.86. The van der Waals surface area contributed by atoms with Gasteiger partial charge in [0.25, 0.3) is 0 Å². The highest BCUT2D eigenvalue weighted by molar-refractivity contribution is 5.96. The highest BCUT2D eigenvalue weighted by Gasteiger charge is 2.47. The molecule has 3 aliphatic rings. The number of hydrogen-bond acceptors (Lipinski definition) is 9. The minimum Gasteiger partial charge on any atom is -0.390 e. The van der Waals surface area contributed by atoms with Gasteiger partial charge in [0.15, 0.2) is 5.67 Å². The number of aliphatic hydroxyl groups is 1. The average molecular weight is 507 g/mol. The molecule has 37 heavy (non-hydrogen) atoms. The first-order chi connectivity index (χ1) is 17.8. The number of aliphatic hydroxyl groups excluding tert-OH is 1. The molecule has 0 aliphatic carbocycles. The summed E-state index contributed by atoms with van der Waals surface area (Å²) < 4.78 is 14.7. The predicted molar refractivity (Wildman–Crippen MR) is 143 cm³/mol. The Morgan fingerprint density at radius 3 is 2.70 bits per heavy atom. The maximum absolute atomic E-state index is 14.7. The third-order valence-corrected chi connectivity index (χ3v) is 8.30. The summed E-state index contributed by atoms with van der Waals surface area (Å²) in [4.78, 5) is 22.9. The van der Waals surface area contributed by atoms with Crippen molar-refractivity contribution in [3.8, 4) is 0 Å². The quantitative estimate of drug-likeness (QED) is 0.480. The first-order valence-electron chi connectivity index (χ1n) is 13.2. The molecule has 3 saturated heterocycles. The molecule has 0 radical (unpaired) electrons. The van der Waals surface area contributed by atoms with Crippen LogP contribution in [-0.2, 0) is 0 Å². The van der Waals surface area contributed by atoms with E-state index in [1.165, 1.54) is 18.9 Å². The molecule has 3 atom stereocenters. The second-order valence-electron chi connectivity index (χ2n) is 11.2. The van der Waals surface area contributed by atoms with Gasteiger partial charge in [0, 0.05) is 43.6 Å². The van der Waals surface area contributed by atoms with Crippen molar-refractivity contribution in [1.29, 1.82) is 0 Å². The molecule has 6 rings (SSSR count). The fourth-order valence-electron chi connectivity index (χ4n) is 5.94. The Balaban J connectivity index is 1.30. The van der Waals surface area contributed by atoms with Gasteiger partial charge in [-0.3, -0.25) is 0 Å². The van der Waals surface area contributed by atoms with Crippen LogP contribution in [0.5, 0.6) is 0 Å². The van der Waals surface area contributed by atoms with Crippen LogP contribution in [0.4, 0.5) is 27.8 Å². The van der Waals surface area contributed by atoms with Crippen LogP contribution in [0.3, 0.4) is 0 Å². The largest absolute Gasteiger partial charge is 0.390 e. The standard InChI is InChI=1S/C27H35FN8O/c1-17(2)19-13-32-24(36-11-7-27(36)6-9-29-15-27)20-14-31-23(12-18(19)20)33-22-4-8-30-25(34-22)35-10-5-21(37)26(3,28)16-35/h4,8,12-14,17,21,29,37H,5-7,9-11,15-16H2,1-3H3,(H,30,31,33,34)/t21-,26+,27-/m1/s1. The summed E-state index contributed by atoms with van der Waals surface area (Å²) in [5.74, 6) is 3.03. The topological polar surface area (TPSA) is 102 Å². The van der Waals surface area contributed by atoms with Crippen molar-refractivity contribution in [2.45, 2.75) is 63.3 Å². The molecule has 10 heteroatoms. The molecule has 6 heterocycles. The van der Waals surface area contributed by atoms with Gasteiger partial charge in [0.05, 0.1) is 18.2 Å². The van der Waals surface area contributed by atoms with E-state index in [1.54, 1.807) is 17.2 Å². The van der Waals surface area contributed by atoms with E-state index in [9.17, 15) is 9.50 Å². The average Bonchev–Trinajstić information content (AvgIpc) is 3.38. The van der Waals surface area contributed by atoms with Crippen LogP contribution in [-0.4, -0.2) is 75.1 Å². The van der Waals surface area contributed by atoms with Gasteiger partial charge in [-0.05, 0) is 61.7 Å². The summed E-state index contributed by atoms with van der Waals surface area (Å²) in [5, 5.41) is 19.0. The van der Waals surface area contributed by atoms with E-state index in [0.29, 0.717) is 36.5 Å². The van der Waals surface area contributed by atoms with Crippen molar-refractivity contribution in [2.24, 2.45) is 0 Å². The molecular formula is C27H35FN8O. The van der Waals surface area contributed by atoms with Gasteiger partial charge in [-0.25, -0.2) is 19.3 Å². The number of aromatic nitrogens is 4. The molecule has 3 aliphatic heterocycles. The van der Waals surface area contributed by atoms with Crippen LogP contribution >= 0.6 is 0 Å². The number of halogens is 1. The molecular weight excluding hydrogens is 471 g/mol. The minimum atomic E-state index is -1.70. The van der Waals surface area contributed by atoms with E-state index in [1.807, 2.05) is 12.4 Å². The van der Waals surface area contributed by atoms with Gasteiger partial charge < -0.3 is 25.5 Å². The SMILES string of the molecule is CC(C)c1cnc(N2CC[C@@]23CCNC3)c2cnc(Nc3ccnc(N4CC[C@@H](O)[C@@](C)(F)C4)n3)cc12. The highest BCUT2D eigenvalue weighted by atomic mass is 19.1. The zero-order valence-corrected chi connectivity index (χ0v) is 21.7. The number of nitrogens with one attached hydrogen (secondary N) is 2. The number of nitrogens with zero attached hydrogens (tertiary/aromatic N) is 6. The lowest BCUT2D eigenvalue weighted by atomic mass is 9.83. The molecule has 9 nitrogen and oxygen atoms in total. The summed E-state index contributed by atoms with van der Waals surface area (Å²) in [5.41, 5.74) is -0.345. The number of pyridine rings is 2. The molecule has 3 aromatic heterocycles. The van der Waals surface area contributed by atoms with Gasteiger partial charge in [-0.1, -0.05) is 13.8 Å². The number of hydrogen-bond donors (Lipinski definition) is 3. The Bertz CT molecular complexity index is 1310. The second kappa shape index (κ2) is 9.02. The molecule has 1 spiro atoms. The third kappa shape index (κ3) is 4.25. The molecule has 196 valence electrons. The fourth-order valence-corrected chi connectivity index (χ4v) is 5.94. The van der Waals surface area contributed by atoms with E-state index in [2.05, 4.69) is 45.4 Å². The van der Waals surface area contributed by atoms with Crippen molar-refractivity contribution < 1.29 is 9.50 Å². The van der Waals surface area contributed by atoms with Crippen molar-refractivity contribution in [3.63, 3.8) is 0 Å². The normalized spacial score (nSPS) is 27.8. The van der Waals surface area contributed by atoms with E-state index in [-0.39, 0.29) is 12.1 Å². The van der Waals surface area contributed by atoms with Crippen LogP contribution in [0.15, 0.2) is 30.7 Å². The van der Waals surface area contributed by atoms with Crippen LogP contribution in [0.25, 0.3) is 10.8 Å². The number of anilines is 4. The van der Waals surface area contributed by atoms with Crippen LogP contribution in [0, 0.1) is 0 Å². The van der Waals surface area contributed by atoms with Crippen molar-refractivity contribution >= 4 is 34.2 Å². The lowest BCUT2D eigenvalue weighted by molar-refractivity contribution is -0.00860. The zero-order chi connectivity index (χ0) is 25.8. The lowest BCUT2D eigenvalue weighted by Gasteiger charge is -2.51. The van der Waals surface area contributed by atoms with Gasteiger partial charge in [0.2, 0.25) is 5.95 Å². The fraction of sp³-hybridized carbons (Fsp3) is 0.556. The maximum atomic E-state index is 14.7. The van der Waals surface area contributed by atoms with Crippen molar-refractivity contribution in [1.82, 2.24) is 25.3 Å². The van der Waals surface area contributed by atoms with E-state index in [0.717, 1.165) is 42.6 Å². The minimum absolute atomic E-state index is 0.0485. The third-order valence-electron chi connectivity index (χ3n) is 8.30.